The SMILES string of the molecule is CC(C)c1ncc(C(C)O)c(Cl)n1. The second-order valence-corrected chi connectivity index (χ2v) is 3.66. The lowest BCUT2D eigenvalue weighted by atomic mass is 10.2. The van der Waals surface area contributed by atoms with E-state index in [4.69, 9.17) is 11.6 Å². The van der Waals surface area contributed by atoms with Gasteiger partial charge in [0.05, 0.1) is 6.10 Å². The number of aromatic nitrogens is 2. The average molecular weight is 201 g/mol. The van der Waals surface area contributed by atoms with Crippen molar-refractivity contribution >= 4 is 11.6 Å². The Hall–Kier alpha value is -0.670. The predicted molar refractivity (Wildman–Crippen MR) is 51.8 cm³/mol. The molecule has 1 aromatic rings. The highest BCUT2D eigenvalue weighted by molar-refractivity contribution is 6.30. The summed E-state index contributed by atoms with van der Waals surface area (Å²) in [5.41, 5.74) is 0.575. The summed E-state index contributed by atoms with van der Waals surface area (Å²) < 4.78 is 0. The molecule has 1 aromatic heterocycles. The highest BCUT2D eigenvalue weighted by atomic mass is 35.5. The summed E-state index contributed by atoms with van der Waals surface area (Å²) in [4.78, 5) is 8.19. The maximum absolute atomic E-state index is 9.27. The fourth-order valence-corrected chi connectivity index (χ4v) is 1.23. The van der Waals surface area contributed by atoms with Crippen LogP contribution in [0.25, 0.3) is 0 Å². The Morgan fingerprint density at radius 3 is 2.38 bits per heavy atom. The van der Waals surface area contributed by atoms with Gasteiger partial charge in [-0.05, 0) is 6.92 Å². The van der Waals surface area contributed by atoms with E-state index in [-0.39, 0.29) is 5.92 Å². The Morgan fingerprint density at radius 2 is 2.00 bits per heavy atom. The van der Waals surface area contributed by atoms with Crippen molar-refractivity contribution in [3.05, 3.63) is 22.7 Å². The second-order valence-electron chi connectivity index (χ2n) is 3.31. The van der Waals surface area contributed by atoms with E-state index in [1.54, 1.807) is 13.1 Å². The molecule has 72 valence electrons. The maximum Gasteiger partial charge on any atom is 0.138 e. The van der Waals surface area contributed by atoms with Gasteiger partial charge in [0.1, 0.15) is 11.0 Å². The topological polar surface area (TPSA) is 46.0 Å². The molecule has 1 N–H and O–H groups in total. The lowest BCUT2D eigenvalue weighted by Crippen LogP contribution is -2.02. The first kappa shape index (κ1) is 10.4. The van der Waals surface area contributed by atoms with Gasteiger partial charge >= 0.3 is 0 Å². The van der Waals surface area contributed by atoms with Crippen LogP contribution in [-0.4, -0.2) is 15.1 Å². The molecule has 0 amide bonds. The van der Waals surface area contributed by atoms with Crippen LogP contribution in [0.3, 0.4) is 0 Å². The van der Waals surface area contributed by atoms with E-state index >= 15 is 0 Å². The van der Waals surface area contributed by atoms with E-state index in [1.807, 2.05) is 13.8 Å². The number of nitrogens with zero attached hydrogens (tertiary/aromatic N) is 2. The predicted octanol–water partition coefficient (Wildman–Crippen LogP) is 2.31. The number of aliphatic hydroxyl groups excluding tert-OH is 1. The molecule has 4 heteroatoms. The third-order valence-corrected chi connectivity index (χ3v) is 2.06. The monoisotopic (exact) mass is 200 g/mol. The van der Waals surface area contributed by atoms with Crippen LogP contribution in [-0.2, 0) is 0 Å². The Balaban J connectivity index is 3.06. The van der Waals surface area contributed by atoms with Gasteiger partial charge in [0, 0.05) is 17.7 Å². The minimum Gasteiger partial charge on any atom is -0.389 e. The van der Waals surface area contributed by atoms with Gasteiger partial charge < -0.3 is 5.11 Å². The van der Waals surface area contributed by atoms with Crippen LogP contribution in [0.1, 0.15) is 44.2 Å². The Kier molecular flexibility index (Phi) is 3.22. The van der Waals surface area contributed by atoms with Crippen molar-refractivity contribution in [1.29, 1.82) is 0 Å². The van der Waals surface area contributed by atoms with E-state index in [9.17, 15) is 5.11 Å². The largest absolute Gasteiger partial charge is 0.389 e. The molecule has 0 saturated carbocycles. The van der Waals surface area contributed by atoms with Gasteiger partial charge in [0.15, 0.2) is 0 Å². The zero-order chi connectivity index (χ0) is 10.0. The number of rotatable bonds is 2. The fraction of sp³-hybridized carbons (Fsp3) is 0.556. The van der Waals surface area contributed by atoms with Crippen molar-refractivity contribution < 1.29 is 5.11 Å². The van der Waals surface area contributed by atoms with Crippen molar-refractivity contribution in [2.45, 2.75) is 32.8 Å². The highest BCUT2D eigenvalue weighted by Crippen LogP contribution is 2.21. The number of hydrogen-bond acceptors (Lipinski definition) is 3. The first-order valence-electron chi connectivity index (χ1n) is 4.22. The molecule has 0 aromatic carbocycles. The van der Waals surface area contributed by atoms with Crippen LogP contribution in [0.4, 0.5) is 0 Å². The van der Waals surface area contributed by atoms with Crippen molar-refractivity contribution in [3.8, 4) is 0 Å². The average Bonchev–Trinajstić information content (AvgIpc) is 2.03. The van der Waals surface area contributed by atoms with Crippen molar-refractivity contribution in [2.24, 2.45) is 0 Å². The lowest BCUT2D eigenvalue weighted by molar-refractivity contribution is 0.198. The molecule has 0 fully saturated rings. The van der Waals surface area contributed by atoms with Gasteiger partial charge in [0.25, 0.3) is 0 Å². The van der Waals surface area contributed by atoms with Gasteiger partial charge in [-0.15, -0.1) is 0 Å². The fourth-order valence-electron chi connectivity index (χ4n) is 0.941. The molecule has 0 radical (unpaired) electrons. The molecule has 1 unspecified atom stereocenters. The Bertz CT molecular complexity index is 300. The molecule has 13 heavy (non-hydrogen) atoms. The summed E-state index contributed by atoms with van der Waals surface area (Å²) in [6.45, 7) is 5.63. The molecule has 1 rings (SSSR count). The molecular formula is C9H13ClN2O. The van der Waals surface area contributed by atoms with E-state index in [0.717, 1.165) is 0 Å². The summed E-state index contributed by atoms with van der Waals surface area (Å²) in [6.07, 6.45) is 0.962. The van der Waals surface area contributed by atoms with Gasteiger partial charge in [0.2, 0.25) is 0 Å². The first-order valence-corrected chi connectivity index (χ1v) is 4.60. The molecule has 1 heterocycles. The van der Waals surface area contributed by atoms with Crippen LogP contribution in [0, 0.1) is 0 Å². The van der Waals surface area contributed by atoms with Crippen LogP contribution in [0.5, 0.6) is 0 Å². The summed E-state index contributed by atoms with van der Waals surface area (Å²) in [5, 5.41) is 9.61. The van der Waals surface area contributed by atoms with E-state index in [2.05, 4.69) is 9.97 Å². The van der Waals surface area contributed by atoms with Gasteiger partial charge in [-0.25, -0.2) is 9.97 Å². The first-order chi connectivity index (χ1) is 6.02. The van der Waals surface area contributed by atoms with Crippen LogP contribution in [0.2, 0.25) is 5.15 Å². The number of hydrogen-bond donors (Lipinski definition) is 1. The smallest absolute Gasteiger partial charge is 0.138 e. The van der Waals surface area contributed by atoms with Gasteiger partial charge in [-0.1, -0.05) is 25.4 Å². The van der Waals surface area contributed by atoms with Gasteiger partial charge in [-0.2, -0.15) is 0 Å². The van der Waals surface area contributed by atoms with Crippen LogP contribution in [0.15, 0.2) is 6.20 Å². The highest BCUT2D eigenvalue weighted by Gasteiger charge is 2.10. The molecule has 0 saturated heterocycles. The Morgan fingerprint density at radius 1 is 1.38 bits per heavy atom. The van der Waals surface area contributed by atoms with Crippen molar-refractivity contribution in [3.63, 3.8) is 0 Å². The molecule has 0 aliphatic carbocycles. The molecule has 0 aliphatic heterocycles. The normalized spacial score (nSPS) is 13.4. The van der Waals surface area contributed by atoms with Crippen LogP contribution >= 0.6 is 11.6 Å². The summed E-state index contributed by atoms with van der Waals surface area (Å²) in [6, 6.07) is 0. The summed E-state index contributed by atoms with van der Waals surface area (Å²) in [5.74, 6) is 0.954. The molecule has 0 bridgehead atoms. The molecule has 0 aliphatic rings. The summed E-state index contributed by atoms with van der Waals surface area (Å²) >= 11 is 5.86. The third-order valence-electron chi connectivity index (χ3n) is 1.75. The third kappa shape index (κ3) is 2.39. The number of halogens is 1. The molecule has 3 nitrogen and oxygen atoms in total. The zero-order valence-corrected chi connectivity index (χ0v) is 8.71. The Labute approximate surface area is 82.8 Å². The molecule has 0 spiro atoms. The quantitative estimate of drug-likeness (QED) is 0.746. The molecular weight excluding hydrogens is 188 g/mol. The van der Waals surface area contributed by atoms with Gasteiger partial charge in [-0.3, -0.25) is 0 Å². The maximum atomic E-state index is 9.27. The summed E-state index contributed by atoms with van der Waals surface area (Å²) in [7, 11) is 0. The molecule has 1 atom stereocenters. The zero-order valence-electron chi connectivity index (χ0n) is 7.95. The van der Waals surface area contributed by atoms with Crippen LogP contribution < -0.4 is 0 Å². The standard InChI is InChI=1S/C9H13ClN2O/c1-5(2)9-11-4-7(6(3)13)8(10)12-9/h4-6,13H,1-3H3. The van der Waals surface area contributed by atoms with E-state index in [1.165, 1.54) is 0 Å². The second kappa shape index (κ2) is 4.03. The van der Waals surface area contributed by atoms with Crippen molar-refractivity contribution in [2.75, 3.05) is 0 Å². The lowest BCUT2D eigenvalue weighted by Gasteiger charge is -2.08. The van der Waals surface area contributed by atoms with E-state index < -0.39 is 6.10 Å². The van der Waals surface area contributed by atoms with Crippen molar-refractivity contribution in [1.82, 2.24) is 9.97 Å². The minimum absolute atomic E-state index is 0.251. The van der Waals surface area contributed by atoms with E-state index in [0.29, 0.717) is 16.5 Å². The minimum atomic E-state index is -0.617. The number of aliphatic hydroxyl groups is 1.